The zero-order chi connectivity index (χ0) is 14.0. The van der Waals surface area contributed by atoms with Gasteiger partial charge in [-0.3, -0.25) is 4.79 Å². The minimum Gasteiger partial charge on any atom is -0.354 e. The van der Waals surface area contributed by atoms with Gasteiger partial charge in [0.1, 0.15) is 0 Å². The van der Waals surface area contributed by atoms with Crippen molar-refractivity contribution in [3.8, 4) is 0 Å². The van der Waals surface area contributed by atoms with Gasteiger partial charge in [0.2, 0.25) is 5.91 Å². The summed E-state index contributed by atoms with van der Waals surface area (Å²) in [5.74, 6) is -0.352. The molecule has 1 aromatic heterocycles. The van der Waals surface area contributed by atoms with Crippen LogP contribution in [0.1, 0.15) is 24.5 Å². The summed E-state index contributed by atoms with van der Waals surface area (Å²) in [6, 6.07) is 0. The second-order valence-electron chi connectivity index (χ2n) is 4.35. The molecular formula is C10H14F3N3OS. The van der Waals surface area contributed by atoms with Crippen LogP contribution < -0.4 is 11.1 Å². The van der Waals surface area contributed by atoms with E-state index in [1.807, 2.05) is 0 Å². The summed E-state index contributed by atoms with van der Waals surface area (Å²) in [4.78, 5) is 14.8. The molecular weight excluding hydrogens is 267 g/mol. The number of nitrogens with zero attached hydrogens (tertiary/aromatic N) is 1. The van der Waals surface area contributed by atoms with E-state index >= 15 is 0 Å². The molecule has 0 saturated carbocycles. The van der Waals surface area contributed by atoms with Crippen molar-refractivity contribution in [2.75, 3.05) is 6.54 Å². The van der Waals surface area contributed by atoms with Gasteiger partial charge < -0.3 is 11.1 Å². The minimum absolute atomic E-state index is 0.213. The van der Waals surface area contributed by atoms with Gasteiger partial charge in [-0.15, -0.1) is 11.3 Å². The van der Waals surface area contributed by atoms with Crippen LogP contribution in [0.4, 0.5) is 13.2 Å². The number of carbonyl (C=O) groups is 1. The van der Waals surface area contributed by atoms with E-state index in [-0.39, 0.29) is 18.9 Å². The minimum atomic E-state index is -4.42. The monoisotopic (exact) mass is 281 g/mol. The molecule has 1 aromatic rings. The molecule has 3 N–H and O–H groups in total. The Labute approximate surface area is 106 Å². The molecule has 1 heterocycles. The molecule has 0 spiro atoms. The summed E-state index contributed by atoms with van der Waals surface area (Å²) in [6.45, 7) is 3.31. The van der Waals surface area contributed by atoms with Gasteiger partial charge in [0.25, 0.3) is 0 Å². The van der Waals surface area contributed by atoms with Crippen LogP contribution in [0.5, 0.6) is 0 Å². The highest BCUT2D eigenvalue weighted by atomic mass is 32.1. The van der Waals surface area contributed by atoms with Crippen LogP contribution in [-0.4, -0.2) is 23.0 Å². The Morgan fingerprint density at radius 3 is 2.56 bits per heavy atom. The molecule has 0 aliphatic heterocycles. The molecule has 8 heteroatoms. The van der Waals surface area contributed by atoms with E-state index in [2.05, 4.69) is 10.3 Å². The summed E-state index contributed by atoms with van der Waals surface area (Å²) in [5.41, 5.74) is 3.65. The molecule has 1 amide bonds. The van der Waals surface area contributed by atoms with E-state index in [9.17, 15) is 18.0 Å². The summed E-state index contributed by atoms with van der Waals surface area (Å²) in [5, 5.41) is 3.83. The Kier molecular flexibility index (Phi) is 4.33. The average Bonchev–Trinajstić information content (AvgIpc) is 2.64. The molecule has 0 aromatic carbocycles. The van der Waals surface area contributed by atoms with E-state index in [1.54, 1.807) is 13.8 Å². The fraction of sp³-hybridized carbons (Fsp3) is 0.600. The maximum Gasteiger partial charge on any atom is 0.434 e. The lowest BCUT2D eigenvalue weighted by atomic mass is 10.1. The van der Waals surface area contributed by atoms with Gasteiger partial charge in [-0.25, -0.2) is 4.98 Å². The van der Waals surface area contributed by atoms with Crippen LogP contribution in [0.15, 0.2) is 5.38 Å². The molecule has 0 unspecified atom stereocenters. The van der Waals surface area contributed by atoms with Gasteiger partial charge in [0.05, 0.1) is 10.5 Å². The topological polar surface area (TPSA) is 68.0 Å². The van der Waals surface area contributed by atoms with Gasteiger partial charge in [-0.2, -0.15) is 13.2 Å². The van der Waals surface area contributed by atoms with Crippen molar-refractivity contribution in [1.82, 2.24) is 10.3 Å². The first-order valence-electron chi connectivity index (χ1n) is 5.19. The van der Waals surface area contributed by atoms with E-state index in [4.69, 9.17) is 5.73 Å². The number of nitrogens with one attached hydrogen (secondary N) is 1. The van der Waals surface area contributed by atoms with Gasteiger partial charge in [0.15, 0.2) is 5.69 Å². The Bertz CT molecular complexity index is 423. The number of rotatable bonds is 4. The zero-order valence-electron chi connectivity index (χ0n) is 9.97. The molecule has 0 radical (unpaired) electrons. The third-order valence-electron chi connectivity index (χ3n) is 2.05. The standard InChI is InChI=1S/C10H14F3N3OS/c1-9(2,14)8(17)15-4-3-7-16-6(5-18-7)10(11,12)13/h5H,3-4,14H2,1-2H3,(H,15,17). The van der Waals surface area contributed by atoms with Crippen LogP contribution in [0.25, 0.3) is 0 Å². The lowest BCUT2D eigenvalue weighted by Gasteiger charge is -2.17. The van der Waals surface area contributed by atoms with Gasteiger partial charge in [-0.05, 0) is 13.8 Å². The molecule has 1 rings (SSSR count). The number of thiazole rings is 1. The van der Waals surface area contributed by atoms with Crippen molar-refractivity contribution >= 4 is 17.2 Å². The van der Waals surface area contributed by atoms with E-state index < -0.39 is 17.4 Å². The lowest BCUT2D eigenvalue weighted by molar-refractivity contribution is -0.140. The Morgan fingerprint density at radius 2 is 2.11 bits per heavy atom. The van der Waals surface area contributed by atoms with Crippen molar-refractivity contribution in [3.63, 3.8) is 0 Å². The summed E-state index contributed by atoms with van der Waals surface area (Å²) < 4.78 is 36.8. The van der Waals surface area contributed by atoms with E-state index in [0.29, 0.717) is 5.01 Å². The SMILES string of the molecule is CC(C)(N)C(=O)NCCc1nc(C(F)(F)F)cs1. The van der Waals surface area contributed by atoms with Crippen LogP contribution >= 0.6 is 11.3 Å². The number of hydrogen-bond donors (Lipinski definition) is 2. The van der Waals surface area contributed by atoms with Crippen LogP contribution in [0.2, 0.25) is 0 Å². The molecule has 0 fully saturated rings. The number of carbonyl (C=O) groups excluding carboxylic acids is 1. The van der Waals surface area contributed by atoms with Crippen molar-refractivity contribution in [3.05, 3.63) is 16.1 Å². The van der Waals surface area contributed by atoms with Crippen molar-refractivity contribution in [2.45, 2.75) is 32.0 Å². The number of nitrogens with two attached hydrogens (primary N) is 1. The number of amides is 1. The van der Waals surface area contributed by atoms with Crippen molar-refractivity contribution in [1.29, 1.82) is 0 Å². The lowest BCUT2D eigenvalue weighted by Crippen LogP contribution is -2.49. The predicted molar refractivity (Wildman–Crippen MR) is 62.1 cm³/mol. The van der Waals surface area contributed by atoms with Crippen molar-refractivity contribution in [2.24, 2.45) is 5.73 Å². The van der Waals surface area contributed by atoms with Crippen molar-refractivity contribution < 1.29 is 18.0 Å². The first-order valence-corrected chi connectivity index (χ1v) is 6.07. The van der Waals surface area contributed by atoms with E-state index in [0.717, 1.165) is 16.7 Å². The van der Waals surface area contributed by atoms with E-state index in [1.165, 1.54) is 0 Å². The number of aromatic nitrogens is 1. The van der Waals surface area contributed by atoms with Gasteiger partial charge in [-0.1, -0.05) is 0 Å². The summed E-state index contributed by atoms with van der Waals surface area (Å²) in [7, 11) is 0. The van der Waals surface area contributed by atoms with Gasteiger partial charge in [0, 0.05) is 18.3 Å². The smallest absolute Gasteiger partial charge is 0.354 e. The van der Waals surface area contributed by atoms with Crippen LogP contribution in [0, 0.1) is 0 Å². The third kappa shape index (κ3) is 4.26. The zero-order valence-corrected chi connectivity index (χ0v) is 10.8. The molecule has 0 atom stereocenters. The predicted octanol–water partition coefficient (Wildman–Crippen LogP) is 1.56. The maximum absolute atomic E-state index is 12.3. The van der Waals surface area contributed by atoms with Crippen LogP contribution in [-0.2, 0) is 17.4 Å². The quantitative estimate of drug-likeness (QED) is 0.880. The highest BCUT2D eigenvalue weighted by molar-refractivity contribution is 7.09. The fourth-order valence-electron chi connectivity index (χ4n) is 1.07. The van der Waals surface area contributed by atoms with Gasteiger partial charge >= 0.3 is 6.18 Å². The van der Waals surface area contributed by atoms with Crippen LogP contribution in [0.3, 0.4) is 0 Å². The largest absolute Gasteiger partial charge is 0.434 e. The number of halogens is 3. The number of hydrogen-bond acceptors (Lipinski definition) is 4. The molecule has 0 aliphatic carbocycles. The second kappa shape index (κ2) is 5.23. The first kappa shape index (κ1) is 14.9. The molecule has 0 aliphatic rings. The Morgan fingerprint density at radius 1 is 1.50 bits per heavy atom. The maximum atomic E-state index is 12.3. The Hall–Kier alpha value is -1.15. The average molecular weight is 281 g/mol. The molecule has 102 valence electrons. The fourth-order valence-corrected chi connectivity index (χ4v) is 1.87. The second-order valence-corrected chi connectivity index (χ2v) is 5.29. The summed E-state index contributed by atoms with van der Waals surface area (Å²) in [6.07, 6.45) is -4.17. The normalized spacial score (nSPS) is 12.6. The summed E-state index contributed by atoms with van der Waals surface area (Å²) >= 11 is 0.922. The third-order valence-corrected chi connectivity index (χ3v) is 2.96. The number of alkyl halides is 3. The highest BCUT2D eigenvalue weighted by Crippen LogP contribution is 2.29. The molecule has 0 bridgehead atoms. The molecule has 18 heavy (non-hydrogen) atoms. The molecule has 0 saturated heterocycles. The first-order chi connectivity index (χ1) is 8.10. The highest BCUT2D eigenvalue weighted by Gasteiger charge is 2.33. The molecule has 4 nitrogen and oxygen atoms in total. The Balaban J connectivity index is 2.46.